The molecule has 0 bridgehead atoms. The zero-order chi connectivity index (χ0) is 22.9. The quantitative estimate of drug-likeness (QED) is 0.571. The van der Waals surface area contributed by atoms with Gasteiger partial charge in [0.05, 0.1) is 19.8 Å². The van der Waals surface area contributed by atoms with Crippen molar-refractivity contribution in [2.24, 2.45) is 0 Å². The van der Waals surface area contributed by atoms with Gasteiger partial charge in [-0.3, -0.25) is 9.59 Å². The normalized spacial score (nSPS) is 25.2. The maximum atomic E-state index is 11.8. The minimum absolute atomic E-state index is 0.0474. The predicted molar refractivity (Wildman–Crippen MR) is 115 cm³/mol. The van der Waals surface area contributed by atoms with Crippen LogP contribution in [0.5, 0.6) is 0 Å². The van der Waals surface area contributed by atoms with Crippen molar-refractivity contribution in [1.29, 1.82) is 0 Å². The van der Waals surface area contributed by atoms with Crippen LogP contribution in [0.4, 0.5) is 0 Å². The molecule has 0 saturated carbocycles. The molecular formula is C24H29NO7. The Hall–Kier alpha value is -2.78. The molecule has 172 valence electrons. The van der Waals surface area contributed by atoms with Gasteiger partial charge in [-0.05, 0) is 11.1 Å². The van der Waals surface area contributed by atoms with E-state index in [2.05, 4.69) is 5.32 Å². The van der Waals surface area contributed by atoms with E-state index in [4.69, 9.17) is 18.9 Å². The van der Waals surface area contributed by atoms with Gasteiger partial charge in [0.15, 0.2) is 12.4 Å². The molecule has 2 aromatic rings. The Bertz CT molecular complexity index is 861. The molecule has 1 amide bonds. The number of amides is 1. The first-order chi connectivity index (χ1) is 15.4. The number of esters is 1. The molecule has 0 aliphatic carbocycles. The first-order valence-electron chi connectivity index (χ1n) is 10.5. The molecule has 2 N–H and O–H groups in total. The maximum absolute atomic E-state index is 11.8. The summed E-state index contributed by atoms with van der Waals surface area (Å²) in [5, 5.41) is 13.6. The molecule has 1 saturated heterocycles. The second-order valence-electron chi connectivity index (χ2n) is 7.63. The van der Waals surface area contributed by atoms with Crippen LogP contribution >= 0.6 is 0 Å². The lowest BCUT2D eigenvalue weighted by Gasteiger charge is -2.44. The molecule has 1 aliphatic rings. The summed E-state index contributed by atoms with van der Waals surface area (Å²) in [6, 6.07) is 18.2. The molecule has 1 fully saturated rings. The molecule has 8 nitrogen and oxygen atoms in total. The van der Waals surface area contributed by atoms with Gasteiger partial charge in [0.1, 0.15) is 18.2 Å². The van der Waals surface area contributed by atoms with E-state index >= 15 is 0 Å². The van der Waals surface area contributed by atoms with Gasteiger partial charge in [-0.2, -0.15) is 0 Å². The Balaban J connectivity index is 1.73. The lowest BCUT2D eigenvalue weighted by atomic mass is 9.96. The average Bonchev–Trinajstić information content (AvgIpc) is 2.78. The highest BCUT2D eigenvalue weighted by Gasteiger charge is 2.48. The Morgan fingerprint density at radius 1 is 0.969 bits per heavy atom. The van der Waals surface area contributed by atoms with E-state index in [-0.39, 0.29) is 19.1 Å². The first-order valence-corrected chi connectivity index (χ1v) is 10.5. The molecule has 32 heavy (non-hydrogen) atoms. The lowest BCUT2D eigenvalue weighted by molar-refractivity contribution is -0.279. The standard InChI is InChI=1S/C24H29NO7/c1-16(26)25-21-23(31-17(2)27)22(28)20(15-29-13-18-9-5-3-6-10-18)32-24(21)30-14-19-11-7-4-8-12-19/h3-12,20-24,28H,13-15H2,1-2H3,(H,25,26)/t20-,21-,22-,23-,24+/m1/s1. The highest BCUT2D eigenvalue weighted by Crippen LogP contribution is 2.26. The number of aliphatic hydroxyl groups excluding tert-OH is 1. The van der Waals surface area contributed by atoms with Crippen molar-refractivity contribution in [2.45, 2.75) is 57.7 Å². The number of nitrogens with one attached hydrogen (secondary N) is 1. The van der Waals surface area contributed by atoms with Crippen molar-refractivity contribution in [3.8, 4) is 0 Å². The number of carbonyl (C=O) groups is 2. The van der Waals surface area contributed by atoms with Crippen molar-refractivity contribution in [3.63, 3.8) is 0 Å². The van der Waals surface area contributed by atoms with Crippen molar-refractivity contribution >= 4 is 11.9 Å². The van der Waals surface area contributed by atoms with Crippen LogP contribution in [0.2, 0.25) is 0 Å². The zero-order valence-corrected chi connectivity index (χ0v) is 18.2. The van der Waals surface area contributed by atoms with E-state index in [1.165, 1.54) is 13.8 Å². The monoisotopic (exact) mass is 443 g/mol. The Morgan fingerprint density at radius 3 is 2.12 bits per heavy atom. The summed E-state index contributed by atoms with van der Waals surface area (Å²) in [7, 11) is 0. The van der Waals surface area contributed by atoms with Crippen LogP contribution in [0.15, 0.2) is 60.7 Å². The molecule has 1 heterocycles. The van der Waals surface area contributed by atoms with E-state index in [1.807, 2.05) is 60.7 Å². The molecule has 0 unspecified atom stereocenters. The van der Waals surface area contributed by atoms with Crippen LogP contribution in [0, 0.1) is 0 Å². The van der Waals surface area contributed by atoms with Gasteiger partial charge in [-0.15, -0.1) is 0 Å². The van der Waals surface area contributed by atoms with Crippen molar-refractivity contribution in [3.05, 3.63) is 71.8 Å². The topological polar surface area (TPSA) is 103 Å². The summed E-state index contributed by atoms with van der Waals surface area (Å²) in [5.74, 6) is -0.952. The molecule has 1 aliphatic heterocycles. The third kappa shape index (κ3) is 6.86. The van der Waals surface area contributed by atoms with E-state index in [9.17, 15) is 14.7 Å². The van der Waals surface area contributed by atoms with E-state index in [0.29, 0.717) is 6.61 Å². The predicted octanol–water partition coefficient (Wildman–Crippen LogP) is 1.94. The number of rotatable bonds is 9. The second-order valence-corrected chi connectivity index (χ2v) is 7.63. The zero-order valence-electron chi connectivity index (χ0n) is 18.2. The van der Waals surface area contributed by atoms with Gasteiger partial charge in [0.2, 0.25) is 5.91 Å². The van der Waals surface area contributed by atoms with Gasteiger partial charge in [0, 0.05) is 13.8 Å². The van der Waals surface area contributed by atoms with Crippen LogP contribution in [0.1, 0.15) is 25.0 Å². The number of aliphatic hydroxyl groups is 1. The van der Waals surface area contributed by atoms with Gasteiger partial charge in [-0.1, -0.05) is 60.7 Å². The highest BCUT2D eigenvalue weighted by atomic mass is 16.7. The highest BCUT2D eigenvalue weighted by molar-refractivity contribution is 5.73. The molecule has 3 rings (SSSR count). The SMILES string of the molecule is CC(=O)N[C@H]1[C@@H](OCc2ccccc2)O[C@H](COCc2ccccc2)[C@@H](O)[C@@H]1OC(C)=O. The van der Waals surface area contributed by atoms with Crippen molar-refractivity contribution in [1.82, 2.24) is 5.32 Å². The average molecular weight is 443 g/mol. The first kappa shape index (κ1) is 23.9. The molecule has 8 heteroatoms. The van der Waals surface area contributed by atoms with Crippen LogP contribution < -0.4 is 5.32 Å². The second kappa shape index (κ2) is 11.7. The summed E-state index contributed by atoms with van der Waals surface area (Å²) in [5.41, 5.74) is 1.88. The Morgan fingerprint density at radius 2 is 1.56 bits per heavy atom. The smallest absolute Gasteiger partial charge is 0.303 e. The van der Waals surface area contributed by atoms with Crippen molar-refractivity contribution < 1.29 is 33.6 Å². The largest absolute Gasteiger partial charge is 0.457 e. The molecule has 0 spiro atoms. The number of ether oxygens (including phenoxy) is 4. The summed E-state index contributed by atoms with van der Waals surface area (Å²) >= 11 is 0. The third-order valence-corrected chi connectivity index (χ3v) is 5.00. The molecular weight excluding hydrogens is 414 g/mol. The van der Waals surface area contributed by atoms with Crippen LogP contribution in [0.3, 0.4) is 0 Å². The minimum Gasteiger partial charge on any atom is -0.457 e. The minimum atomic E-state index is -1.22. The summed E-state index contributed by atoms with van der Waals surface area (Å²) in [4.78, 5) is 23.5. The molecule has 2 aromatic carbocycles. The molecule has 5 atom stereocenters. The summed E-state index contributed by atoms with van der Waals surface area (Å²) in [6.07, 6.45) is -4.06. The van der Waals surface area contributed by atoms with E-state index in [1.54, 1.807) is 0 Å². The maximum Gasteiger partial charge on any atom is 0.303 e. The Labute approximate surface area is 187 Å². The van der Waals surface area contributed by atoms with Crippen LogP contribution in [-0.2, 0) is 41.8 Å². The fourth-order valence-corrected chi connectivity index (χ4v) is 3.54. The van der Waals surface area contributed by atoms with Gasteiger partial charge in [0.25, 0.3) is 0 Å². The molecule has 0 radical (unpaired) electrons. The number of benzene rings is 2. The Kier molecular flexibility index (Phi) is 8.75. The number of hydrogen-bond acceptors (Lipinski definition) is 7. The van der Waals surface area contributed by atoms with Gasteiger partial charge < -0.3 is 29.4 Å². The number of carbonyl (C=O) groups excluding carboxylic acids is 2. The third-order valence-electron chi connectivity index (χ3n) is 5.00. The fourth-order valence-electron chi connectivity index (χ4n) is 3.54. The van der Waals surface area contributed by atoms with Gasteiger partial charge in [-0.25, -0.2) is 0 Å². The van der Waals surface area contributed by atoms with Crippen molar-refractivity contribution in [2.75, 3.05) is 6.61 Å². The van der Waals surface area contributed by atoms with E-state index < -0.39 is 36.6 Å². The lowest BCUT2D eigenvalue weighted by Crippen LogP contribution is -2.65. The number of hydrogen-bond donors (Lipinski definition) is 2. The van der Waals surface area contributed by atoms with Crippen LogP contribution in [-0.4, -0.2) is 54.2 Å². The molecule has 0 aromatic heterocycles. The summed E-state index contributed by atoms with van der Waals surface area (Å²) in [6.45, 7) is 3.17. The summed E-state index contributed by atoms with van der Waals surface area (Å²) < 4.78 is 23.0. The van der Waals surface area contributed by atoms with Crippen LogP contribution in [0.25, 0.3) is 0 Å². The fraction of sp³-hybridized carbons (Fsp3) is 0.417. The van der Waals surface area contributed by atoms with E-state index in [0.717, 1.165) is 11.1 Å². The van der Waals surface area contributed by atoms with Gasteiger partial charge >= 0.3 is 5.97 Å².